The van der Waals surface area contributed by atoms with Crippen LogP contribution in [-0.4, -0.2) is 22.8 Å². The number of aryl methyl sites for hydroxylation is 1. The monoisotopic (exact) mass is 320 g/mol. The molecule has 0 saturated heterocycles. The summed E-state index contributed by atoms with van der Waals surface area (Å²) in [5.41, 5.74) is 6.45. The van der Waals surface area contributed by atoms with E-state index in [4.69, 9.17) is 0 Å². The molecule has 0 radical (unpaired) electrons. The van der Waals surface area contributed by atoms with Gasteiger partial charge < -0.3 is 4.90 Å². The molecule has 1 aliphatic rings. The summed E-state index contributed by atoms with van der Waals surface area (Å²) < 4.78 is 0. The molecule has 3 nitrogen and oxygen atoms in total. The number of aromatic nitrogens is 1. The molecule has 0 saturated carbocycles. The molecule has 3 aromatic rings. The van der Waals surface area contributed by atoms with E-state index in [0.29, 0.717) is 6.54 Å². The average Bonchev–Trinajstić information content (AvgIpc) is 3.01. The number of hydrogen-bond donors (Lipinski definition) is 0. The number of carbonyl (C=O) groups excluding carboxylic acids is 1. The molecule has 0 bridgehead atoms. The lowest BCUT2D eigenvalue weighted by Crippen LogP contribution is -2.24. The van der Waals surface area contributed by atoms with Gasteiger partial charge in [0, 0.05) is 35.9 Å². The normalized spacial score (nSPS) is 13.5. The minimum absolute atomic E-state index is 0.0940. The van der Waals surface area contributed by atoms with E-state index in [1.165, 1.54) is 5.56 Å². The van der Waals surface area contributed by atoms with Crippen molar-refractivity contribution in [2.75, 3.05) is 7.05 Å². The molecule has 0 aliphatic carbocycles. The smallest absolute Gasteiger partial charge is 0.255 e. The van der Waals surface area contributed by atoms with Gasteiger partial charge in [-0.05, 0) is 47.2 Å². The van der Waals surface area contributed by atoms with E-state index >= 15 is 0 Å². The molecule has 0 spiro atoms. The SMILES string of the molecule is Cc1ncccc1-c1ccc2c(c1)-c1sccc1C(=O)N(C)C2. The fourth-order valence-electron chi connectivity index (χ4n) is 3.10. The first kappa shape index (κ1) is 14.2. The van der Waals surface area contributed by atoms with Gasteiger partial charge in [0.1, 0.15) is 0 Å². The maximum Gasteiger partial charge on any atom is 0.255 e. The highest BCUT2D eigenvalue weighted by Crippen LogP contribution is 2.38. The molecular formula is C19H16N2OS. The van der Waals surface area contributed by atoms with Crippen LogP contribution < -0.4 is 0 Å². The third-order valence-corrected chi connectivity index (χ3v) is 5.27. The highest BCUT2D eigenvalue weighted by Gasteiger charge is 2.25. The summed E-state index contributed by atoms with van der Waals surface area (Å²) in [6.45, 7) is 2.66. The van der Waals surface area contributed by atoms with Crippen molar-refractivity contribution < 1.29 is 4.79 Å². The number of amides is 1. The summed E-state index contributed by atoms with van der Waals surface area (Å²) in [6.07, 6.45) is 1.81. The Balaban J connectivity index is 1.94. The van der Waals surface area contributed by atoms with Gasteiger partial charge in [-0.15, -0.1) is 11.3 Å². The molecule has 1 aliphatic heterocycles. The molecule has 0 unspecified atom stereocenters. The van der Waals surface area contributed by atoms with Crippen LogP contribution in [0, 0.1) is 6.92 Å². The van der Waals surface area contributed by atoms with Crippen LogP contribution >= 0.6 is 11.3 Å². The van der Waals surface area contributed by atoms with Crippen LogP contribution in [0.5, 0.6) is 0 Å². The molecule has 0 fully saturated rings. The van der Waals surface area contributed by atoms with E-state index < -0.39 is 0 Å². The first-order valence-electron chi connectivity index (χ1n) is 7.53. The Hall–Kier alpha value is -2.46. The van der Waals surface area contributed by atoms with Crippen LogP contribution in [0.1, 0.15) is 21.6 Å². The standard InChI is InChI=1S/C19H16N2OS/c1-12-15(4-3-8-20-12)13-5-6-14-11-21(2)19(22)16-7-9-23-18(16)17(14)10-13/h3-10H,11H2,1-2H3. The van der Waals surface area contributed by atoms with E-state index in [1.807, 2.05) is 37.7 Å². The van der Waals surface area contributed by atoms with E-state index in [-0.39, 0.29) is 5.91 Å². The summed E-state index contributed by atoms with van der Waals surface area (Å²) in [5.74, 6) is 0.0940. The molecule has 23 heavy (non-hydrogen) atoms. The van der Waals surface area contributed by atoms with Gasteiger partial charge in [0.05, 0.1) is 5.56 Å². The van der Waals surface area contributed by atoms with Gasteiger partial charge in [0.25, 0.3) is 5.91 Å². The van der Waals surface area contributed by atoms with Crippen molar-refractivity contribution in [3.8, 4) is 21.6 Å². The maximum atomic E-state index is 12.5. The Morgan fingerprint density at radius 2 is 2.00 bits per heavy atom. The quantitative estimate of drug-likeness (QED) is 0.667. The Morgan fingerprint density at radius 1 is 1.13 bits per heavy atom. The highest BCUT2D eigenvalue weighted by molar-refractivity contribution is 7.14. The molecule has 4 rings (SSSR count). The first-order valence-corrected chi connectivity index (χ1v) is 8.41. The summed E-state index contributed by atoms with van der Waals surface area (Å²) >= 11 is 1.63. The zero-order valence-corrected chi connectivity index (χ0v) is 13.9. The van der Waals surface area contributed by atoms with Crippen LogP contribution in [0.3, 0.4) is 0 Å². The van der Waals surface area contributed by atoms with Gasteiger partial charge in [-0.3, -0.25) is 9.78 Å². The molecule has 0 atom stereocenters. The zero-order valence-electron chi connectivity index (χ0n) is 13.0. The summed E-state index contributed by atoms with van der Waals surface area (Å²) in [4.78, 5) is 19.7. The molecule has 114 valence electrons. The van der Waals surface area contributed by atoms with E-state index in [9.17, 15) is 4.79 Å². The fraction of sp³-hybridized carbons (Fsp3) is 0.158. The van der Waals surface area contributed by atoms with Gasteiger partial charge in [0.2, 0.25) is 0 Å². The number of fused-ring (bicyclic) bond motifs is 3. The van der Waals surface area contributed by atoms with Crippen LogP contribution in [0.15, 0.2) is 48.0 Å². The minimum Gasteiger partial charge on any atom is -0.337 e. The predicted octanol–water partition coefficient (Wildman–Crippen LogP) is 4.37. The molecule has 1 amide bonds. The number of carbonyl (C=O) groups is 1. The lowest BCUT2D eigenvalue weighted by Gasteiger charge is -2.15. The lowest BCUT2D eigenvalue weighted by atomic mass is 9.97. The van der Waals surface area contributed by atoms with Gasteiger partial charge >= 0.3 is 0 Å². The number of pyridine rings is 1. The fourth-order valence-corrected chi connectivity index (χ4v) is 4.04. The largest absolute Gasteiger partial charge is 0.337 e. The first-order chi connectivity index (χ1) is 11.1. The van der Waals surface area contributed by atoms with Crippen molar-refractivity contribution in [1.29, 1.82) is 0 Å². The van der Waals surface area contributed by atoms with Gasteiger partial charge in [0.15, 0.2) is 0 Å². The van der Waals surface area contributed by atoms with Crippen LogP contribution in [0.4, 0.5) is 0 Å². The lowest BCUT2D eigenvalue weighted by molar-refractivity contribution is 0.0789. The van der Waals surface area contributed by atoms with Crippen molar-refractivity contribution >= 4 is 17.2 Å². The number of hydrogen-bond acceptors (Lipinski definition) is 3. The Morgan fingerprint density at radius 3 is 2.83 bits per heavy atom. The number of thiophene rings is 1. The predicted molar refractivity (Wildman–Crippen MR) is 93.5 cm³/mol. The molecule has 2 aromatic heterocycles. The molecule has 4 heteroatoms. The highest BCUT2D eigenvalue weighted by atomic mass is 32.1. The Labute approximate surface area is 139 Å². The van der Waals surface area contributed by atoms with Crippen molar-refractivity contribution in [3.63, 3.8) is 0 Å². The van der Waals surface area contributed by atoms with Gasteiger partial charge in [-0.25, -0.2) is 0 Å². The number of nitrogens with zero attached hydrogens (tertiary/aromatic N) is 2. The zero-order chi connectivity index (χ0) is 16.0. The van der Waals surface area contributed by atoms with Crippen LogP contribution in [0.2, 0.25) is 0 Å². The second kappa shape index (κ2) is 5.32. The second-order valence-corrected chi connectivity index (χ2v) is 6.75. The third kappa shape index (κ3) is 2.26. The molecule has 0 N–H and O–H groups in total. The summed E-state index contributed by atoms with van der Waals surface area (Å²) in [6, 6.07) is 12.4. The second-order valence-electron chi connectivity index (χ2n) is 5.83. The topological polar surface area (TPSA) is 33.2 Å². The molecule has 1 aromatic carbocycles. The Kier molecular flexibility index (Phi) is 3.27. The maximum absolute atomic E-state index is 12.5. The van der Waals surface area contributed by atoms with E-state index in [1.54, 1.807) is 16.2 Å². The van der Waals surface area contributed by atoms with Crippen molar-refractivity contribution in [3.05, 3.63) is 64.8 Å². The van der Waals surface area contributed by atoms with Gasteiger partial charge in [-0.1, -0.05) is 18.2 Å². The number of benzene rings is 1. The van der Waals surface area contributed by atoms with Crippen molar-refractivity contribution in [2.24, 2.45) is 0 Å². The van der Waals surface area contributed by atoms with Crippen LogP contribution in [-0.2, 0) is 6.54 Å². The number of rotatable bonds is 1. The van der Waals surface area contributed by atoms with E-state index in [0.717, 1.165) is 32.8 Å². The third-order valence-electron chi connectivity index (χ3n) is 4.32. The van der Waals surface area contributed by atoms with Crippen molar-refractivity contribution in [2.45, 2.75) is 13.5 Å². The molecular weight excluding hydrogens is 304 g/mol. The van der Waals surface area contributed by atoms with Crippen LogP contribution in [0.25, 0.3) is 21.6 Å². The van der Waals surface area contributed by atoms with Crippen molar-refractivity contribution in [1.82, 2.24) is 9.88 Å². The van der Waals surface area contributed by atoms with Gasteiger partial charge in [-0.2, -0.15) is 0 Å². The molecule has 3 heterocycles. The minimum atomic E-state index is 0.0940. The average molecular weight is 320 g/mol. The van der Waals surface area contributed by atoms with E-state index in [2.05, 4.69) is 29.2 Å². The Bertz CT molecular complexity index is 913. The summed E-state index contributed by atoms with van der Waals surface area (Å²) in [7, 11) is 1.86. The summed E-state index contributed by atoms with van der Waals surface area (Å²) in [5, 5.41) is 1.99.